The molecular weight excluding hydrogens is 310 g/mol. The van der Waals surface area contributed by atoms with Gasteiger partial charge in [0, 0.05) is 5.92 Å². The van der Waals surface area contributed by atoms with E-state index in [0.717, 1.165) is 25.7 Å². The maximum Gasteiger partial charge on any atom is 0.167 e. The molecule has 0 fully saturated rings. The van der Waals surface area contributed by atoms with Crippen LogP contribution >= 0.6 is 0 Å². The van der Waals surface area contributed by atoms with E-state index in [9.17, 15) is 10.5 Å². The van der Waals surface area contributed by atoms with Crippen LogP contribution in [0.25, 0.3) is 0 Å². The van der Waals surface area contributed by atoms with E-state index in [-0.39, 0.29) is 17.8 Å². The van der Waals surface area contributed by atoms with E-state index in [1.807, 2.05) is 34.6 Å². The van der Waals surface area contributed by atoms with Gasteiger partial charge in [-0.3, -0.25) is 0 Å². The van der Waals surface area contributed by atoms with Crippen molar-refractivity contribution in [3.63, 3.8) is 0 Å². The lowest BCUT2D eigenvalue weighted by Gasteiger charge is -2.26. The number of rotatable bonds is 8. The fourth-order valence-electron chi connectivity index (χ4n) is 1.96. The van der Waals surface area contributed by atoms with Gasteiger partial charge in [-0.2, -0.15) is 26.0 Å². The van der Waals surface area contributed by atoms with E-state index in [1.165, 1.54) is 0 Å². The normalized spacial score (nSPS) is 18.9. The standard InChI is InChI=1S/C14H24N4.C6H11N/c1-7-11(3)13(5,9-15)17-18-14(6,10-16)12(4)8-2;1-3-4-6(2)5-7/h11-12H,7-8H2,1-6H3;6H,3-4H2,1-2H3. The molecule has 0 saturated carbocycles. The summed E-state index contributed by atoms with van der Waals surface area (Å²) in [6.45, 7) is 15.6. The molecule has 0 amide bonds. The van der Waals surface area contributed by atoms with Crippen molar-refractivity contribution in [3.05, 3.63) is 0 Å². The molecule has 0 aromatic heterocycles. The molecule has 25 heavy (non-hydrogen) atoms. The summed E-state index contributed by atoms with van der Waals surface area (Å²) in [5, 5.41) is 35.1. The first-order valence-corrected chi connectivity index (χ1v) is 9.26. The smallest absolute Gasteiger partial charge is 0.167 e. The summed E-state index contributed by atoms with van der Waals surface area (Å²) in [5.74, 6) is 0.488. The molecule has 5 heteroatoms. The van der Waals surface area contributed by atoms with Gasteiger partial charge in [0.25, 0.3) is 0 Å². The maximum atomic E-state index is 9.27. The van der Waals surface area contributed by atoms with Gasteiger partial charge in [0.2, 0.25) is 0 Å². The summed E-state index contributed by atoms with van der Waals surface area (Å²) in [6.07, 6.45) is 3.87. The second-order valence-electron chi connectivity index (χ2n) is 7.16. The third-order valence-corrected chi connectivity index (χ3v) is 5.00. The lowest BCUT2D eigenvalue weighted by atomic mass is 9.86. The van der Waals surface area contributed by atoms with Crippen molar-refractivity contribution in [2.24, 2.45) is 28.0 Å². The molecule has 0 aromatic rings. The van der Waals surface area contributed by atoms with Gasteiger partial charge in [-0.1, -0.05) is 53.9 Å². The fourth-order valence-corrected chi connectivity index (χ4v) is 1.96. The third kappa shape index (κ3) is 8.64. The number of nitriles is 3. The Kier molecular flexibility index (Phi) is 12.6. The minimum Gasteiger partial charge on any atom is -0.198 e. The van der Waals surface area contributed by atoms with Gasteiger partial charge in [-0.25, -0.2) is 0 Å². The Morgan fingerprint density at radius 2 is 1.16 bits per heavy atom. The highest BCUT2D eigenvalue weighted by atomic mass is 15.2. The first-order chi connectivity index (χ1) is 11.6. The Labute approximate surface area is 154 Å². The number of azo groups is 1. The number of hydrogen-bond acceptors (Lipinski definition) is 5. The molecule has 0 aromatic carbocycles. The zero-order chi connectivity index (χ0) is 20.1. The van der Waals surface area contributed by atoms with E-state index < -0.39 is 11.1 Å². The molecule has 0 aliphatic carbocycles. The van der Waals surface area contributed by atoms with Crippen LogP contribution in [0.3, 0.4) is 0 Å². The third-order valence-electron chi connectivity index (χ3n) is 5.00. The van der Waals surface area contributed by atoms with E-state index >= 15 is 0 Å². The van der Waals surface area contributed by atoms with E-state index in [0.29, 0.717) is 0 Å². The van der Waals surface area contributed by atoms with Crippen molar-refractivity contribution in [2.45, 2.75) is 92.2 Å². The second-order valence-corrected chi connectivity index (χ2v) is 7.16. The van der Waals surface area contributed by atoms with Gasteiger partial charge in [0.15, 0.2) is 11.1 Å². The lowest BCUT2D eigenvalue weighted by molar-refractivity contribution is 0.324. The van der Waals surface area contributed by atoms with Crippen LogP contribution < -0.4 is 0 Å². The van der Waals surface area contributed by atoms with Crippen molar-refractivity contribution in [1.82, 2.24) is 0 Å². The molecule has 0 rings (SSSR count). The predicted octanol–water partition coefficient (Wildman–Crippen LogP) is 6.04. The summed E-state index contributed by atoms with van der Waals surface area (Å²) in [5.41, 5.74) is -1.69. The average Bonchev–Trinajstić information content (AvgIpc) is 2.64. The van der Waals surface area contributed by atoms with Gasteiger partial charge in [-0.15, -0.1) is 0 Å². The SMILES string of the molecule is CCC(C)C(C)(C#N)N=NC(C)(C#N)C(C)CC.CCCC(C)C#N. The highest BCUT2D eigenvalue weighted by Crippen LogP contribution is 2.29. The Bertz CT molecular complexity index is 486. The zero-order valence-electron chi connectivity index (χ0n) is 17.3. The minimum atomic E-state index is -0.847. The van der Waals surface area contributed by atoms with Crippen molar-refractivity contribution in [2.75, 3.05) is 0 Å². The van der Waals surface area contributed by atoms with Crippen LogP contribution in [-0.4, -0.2) is 11.1 Å². The number of hydrogen-bond donors (Lipinski definition) is 0. The minimum absolute atomic E-state index is 0.117. The van der Waals surface area contributed by atoms with Crippen LogP contribution in [0.5, 0.6) is 0 Å². The van der Waals surface area contributed by atoms with E-state index in [2.05, 4.69) is 35.4 Å². The van der Waals surface area contributed by atoms with Gasteiger partial charge in [0.05, 0.1) is 18.2 Å². The molecule has 0 aliphatic heterocycles. The average molecular weight is 346 g/mol. The van der Waals surface area contributed by atoms with Crippen LogP contribution in [0.1, 0.15) is 81.1 Å². The molecule has 0 saturated heterocycles. The molecule has 0 heterocycles. The maximum absolute atomic E-state index is 9.27. The Balaban J connectivity index is 0. The lowest BCUT2D eigenvalue weighted by Crippen LogP contribution is -2.32. The zero-order valence-corrected chi connectivity index (χ0v) is 17.3. The van der Waals surface area contributed by atoms with Crippen molar-refractivity contribution < 1.29 is 0 Å². The summed E-state index contributed by atoms with van der Waals surface area (Å²) in [7, 11) is 0. The molecule has 0 spiro atoms. The van der Waals surface area contributed by atoms with E-state index in [4.69, 9.17) is 5.26 Å². The topological polar surface area (TPSA) is 96.1 Å². The van der Waals surface area contributed by atoms with E-state index in [1.54, 1.807) is 13.8 Å². The molecule has 0 aliphatic rings. The molecule has 5 nitrogen and oxygen atoms in total. The van der Waals surface area contributed by atoms with Crippen molar-refractivity contribution in [1.29, 1.82) is 15.8 Å². The second kappa shape index (κ2) is 12.4. The summed E-state index contributed by atoms with van der Waals surface area (Å²) in [6, 6.07) is 6.59. The molecular formula is C20H35N5. The first-order valence-electron chi connectivity index (χ1n) is 9.26. The van der Waals surface area contributed by atoms with Crippen LogP contribution in [0, 0.1) is 51.7 Å². The summed E-state index contributed by atoms with van der Waals surface area (Å²) >= 11 is 0. The summed E-state index contributed by atoms with van der Waals surface area (Å²) < 4.78 is 0. The summed E-state index contributed by atoms with van der Waals surface area (Å²) in [4.78, 5) is 0. The highest BCUT2D eigenvalue weighted by molar-refractivity contribution is 5.10. The van der Waals surface area contributed by atoms with Crippen LogP contribution in [0.2, 0.25) is 0 Å². The number of nitrogens with zero attached hydrogens (tertiary/aromatic N) is 5. The van der Waals surface area contributed by atoms with Crippen LogP contribution in [0.15, 0.2) is 10.2 Å². The Morgan fingerprint density at radius 3 is 1.32 bits per heavy atom. The molecule has 5 unspecified atom stereocenters. The fraction of sp³-hybridized carbons (Fsp3) is 0.850. The van der Waals surface area contributed by atoms with Crippen LogP contribution in [0.4, 0.5) is 0 Å². The molecule has 5 atom stereocenters. The molecule has 0 N–H and O–H groups in total. The molecule has 0 radical (unpaired) electrons. The Hall–Kier alpha value is -1.93. The van der Waals surface area contributed by atoms with Crippen molar-refractivity contribution in [3.8, 4) is 18.2 Å². The quantitative estimate of drug-likeness (QED) is 0.501. The monoisotopic (exact) mass is 345 g/mol. The van der Waals surface area contributed by atoms with Crippen LogP contribution in [-0.2, 0) is 0 Å². The van der Waals surface area contributed by atoms with Crippen molar-refractivity contribution >= 4 is 0 Å². The largest absolute Gasteiger partial charge is 0.198 e. The molecule has 0 bridgehead atoms. The van der Waals surface area contributed by atoms with Gasteiger partial charge in [0.1, 0.15) is 0 Å². The predicted molar refractivity (Wildman–Crippen MR) is 101 cm³/mol. The van der Waals surface area contributed by atoms with Gasteiger partial charge >= 0.3 is 0 Å². The van der Waals surface area contributed by atoms with Gasteiger partial charge in [-0.05, 0) is 39.0 Å². The Morgan fingerprint density at radius 1 is 0.800 bits per heavy atom. The highest BCUT2D eigenvalue weighted by Gasteiger charge is 2.34. The molecule has 140 valence electrons. The van der Waals surface area contributed by atoms with Gasteiger partial charge < -0.3 is 0 Å². The first kappa shape index (κ1) is 25.3.